The number of hydrogen-bond acceptors (Lipinski definition) is 4. The van der Waals surface area contributed by atoms with Gasteiger partial charge in [0.05, 0.1) is 0 Å². The maximum absolute atomic E-state index is 11.0. The summed E-state index contributed by atoms with van der Waals surface area (Å²) in [5, 5.41) is 0. The molecule has 0 aromatic carbocycles. The van der Waals surface area contributed by atoms with E-state index in [1.807, 2.05) is 13.8 Å². The van der Waals surface area contributed by atoms with Crippen molar-refractivity contribution in [3.63, 3.8) is 0 Å². The van der Waals surface area contributed by atoms with Gasteiger partial charge < -0.3 is 0 Å². The van der Waals surface area contributed by atoms with E-state index in [-0.39, 0.29) is 11.7 Å². The highest BCUT2D eigenvalue weighted by Gasteiger charge is 2.05. The molecule has 0 fully saturated rings. The highest BCUT2D eigenvalue weighted by atomic mass is 33.5. The van der Waals surface area contributed by atoms with Crippen molar-refractivity contribution in [3.8, 4) is 0 Å². The second-order valence-corrected chi connectivity index (χ2v) is 6.81. The molecule has 0 aromatic heterocycles. The lowest BCUT2D eigenvalue weighted by Crippen LogP contribution is -2.15. The van der Waals surface area contributed by atoms with E-state index in [2.05, 4.69) is 28.0 Å². The molecule has 5 heteroatoms. The molecule has 0 aliphatic heterocycles. The van der Waals surface area contributed by atoms with Gasteiger partial charge in [0, 0.05) is 18.9 Å². The normalized spacial score (nSPS) is 11.9. The van der Waals surface area contributed by atoms with Gasteiger partial charge in [0.1, 0.15) is 5.78 Å². The van der Waals surface area contributed by atoms with Crippen LogP contribution in [0.5, 0.6) is 0 Å². The van der Waals surface area contributed by atoms with Gasteiger partial charge in [-0.1, -0.05) is 13.8 Å². The zero-order chi connectivity index (χ0) is 8.85. The Morgan fingerprint density at radius 3 is 2.45 bits per heavy atom. The first-order chi connectivity index (χ1) is 5.04. The van der Waals surface area contributed by atoms with Crippen molar-refractivity contribution in [3.05, 3.63) is 0 Å². The van der Waals surface area contributed by atoms with Crippen LogP contribution in [0.2, 0.25) is 0 Å². The molecule has 0 aliphatic carbocycles. The number of ketones is 1. The Labute approximate surface area is 80.6 Å². The molecule has 0 radical (unpaired) electrons. The molecule has 0 rings (SSSR count). The lowest BCUT2D eigenvalue weighted by molar-refractivity contribution is -0.121. The average molecular weight is 213 g/mol. The van der Waals surface area contributed by atoms with Crippen molar-refractivity contribution < 1.29 is 4.79 Å². The molecule has 0 aromatic rings. The number of thiol groups is 3. The molecule has 0 spiro atoms. The Morgan fingerprint density at radius 1 is 1.55 bits per heavy atom. The van der Waals surface area contributed by atoms with Crippen LogP contribution in [0.15, 0.2) is 0 Å². The molecule has 0 aliphatic rings. The van der Waals surface area contributed by atoms with Gasteiger partial charge >= 0.3 is 0 Å². The molecule has 0 saturated heterocycles. The standard InChI is InChI=1S/C6H15NOS3/c1-5(2)6(8)3-4-7-11(9)10/h5,7,9-11H,3-4H2,1-2H3. The van der Waals surface area contributed by atoms with Gasteiger partial charge in [-0.2, -0.15) is 0 Å². The van der Waals surface area contributed by atoms with Gasteiger partial charge in [-0.3, -0.25) is 9.52 Å². The predicted molar refractivity (Wildman–Crippen MR) is 59.4 cm³/mol. The Kier molecular flexibility index (Phi) is 6.61. The smallest absolute Gasteiger partial charge is 0.136 e. The predicted octanol–water partition coefficient (Wildman–Crippen LogP) is 1.80. The fourth-order valence-corrected chi connectivity index (χ4v) is 1.48. The fourth-order valence-electron chi connectivity index (χ4n) is 0.568. The number of hydrogen-bond donors (Lipinski definition) is 4. The van der Waals surface area contributed by atoms with Crippen molar-refractivity contribution in [2.75, 3.05) is 6.54 Å². The second-order valence-electron chi connectivity index (χ2n) is 2.57. The first kappa shape index (κ1) is 11.7. The van der Waals surface area contributed by atoms with Crippen LogP contribution >= 0.6 is 32.5 Å². The van der Waals surface area contributed by atoms with Crippen LogP contribution < -0.4 is 4.72 Å². The molecule has 0 unspecified atom stereocenters. The van der Waals surface area contributed by atoms with E-state index in [1.54, 1.807) is 0 Å². The molecule has 0 amide bonds. The zero-order valence-electron chi connectivity index (χ0n) is 6.74. The highest BCUT2D eigenvalue weighted by molar-refractivity contribution is 9.08. The number of Topliss-reactive ketones (excluding diaryl/α,β-unsaturated/α-hetero) is 1. The molecular formula is C6H15NOS3. The van der Waals surface area contributed by atoms with E-state index < -0.39 is 9.15 Å². The molecule has 1 N–H and O–H groups in total. The molecule has 68 valence electrons. The number of carbonyl (C=O) groups is 1. The fraction of sp³-hybridized carbons (Fsp3) is 0.833. The molecule has 11 heavy (non-hydrogen) atoms. The van der Waals surface area contributed by atoms with E-state index >= 15 is 0 Å². The van der Waals surface area contributed by atoms with Crippen molar-refractivity contribution in [2.24, 2.45) is 5.92 Å². The third-order valence-electron chi connectivity index (χ3n) is 1.27. The molecular weight excluding hydrogens is 198 g/mol. The average Bonchev–Trinajstić information content (AvgIpc) is 1.86. The lowest BCUT2D eigenvalue weighted by Gasteiger charge is -2.09. The van der Waals surface area contributed by atoms with Crippen LogP contribution in [0.25, 0.3) is 0 Å². The number of nitrogens with one attached hydrogen (secondary N) is 1. The Hall–Kier alpha value is 0.680. The first-order valence-electron chi connectivity index (χ1n) is 3.48. The van der Waals surface area contributed by atoms with Crippen LogP contribution in [0, 0.1) is 5.92 Å². The largest absolute Gasteiger partial charge is 0.299 e. The molecule has 0 saturated carbocycles. The second kappa shape index (κ2) is 6.22. The van der Waals surface area contributed by atoms with Gasteiger partial charge in [-0.25, -0.2) is 0 Å². The summed E-state index contributed by atoms with van der Waals surface area (Å²) in [5.74, 6) is 0.430. The summed E-state index contributed by atoms with van der Waals surface area (Å²) < 4.78 is 3.00. The first-order valence-corrected chi connectivity index (χ1v) is 7.13. The topological polar surface area (TPSA) is 29.1 Å². The molecule has 0 bridgehead atoms. The van der Waals surface area contributed by atoms with E-state index in [0.717, 1.165) is 0 Å². The maximum Gasteiger partial charge on any atom is 0.136 e. The quantitative estimate of drug-likeness (QED) is 0.414. The summed E-state index contributed by atoms with van der Waals surface area (Å²) in [6, 6.07) is 0. The van der Waals surface area contributed by atoms with E-state index in [4.69, 9.17) is 0 Å². The summed E-state index contributed by atoms with van der Waals surface area (Å²) in [6.07, 6.45) is 0.581. The Balaban J connectivity index is 3.32. The van der Waals surface area contributed by atoms with Crippen molar-refractivity contribution >= 4 is 38.2 Å². The summed E-state index contributed by atoms with van der Waals surface area (Å²) in [7, 11) is -0.664. The zero-order valence-corrected chi connectivity index (χ0v) is 9.42. The molecule has 0 atom stereocenters. The minimum Gasteiger partial charge on any atom is -0.299 e. The summed E-state index contributed by atoms with van der Waals surface area (Å²) in [4.78, 5) is 11.0. The summed E-state index contributed by atoms with van der Waals surface area (Å²) in [5.41, 5.74) is 0. The Morgan fingerprint density at radius 2 is 2.09 bits per heavy atom. The van der Waals surface area contributed by atoms with Crippen molar-refractivity contribution in [2.45, 2.75) is 20.3 Å². The van der Waals surface area contributed by atoms with Gasteiger partial charge in [0.2, 0.25) is 0 Å². The van der Waals surface area contributed by atoms with Crippen LogP contribution in [0.3, 0.4) is 0 Å². The van der Waals surface area contributed by atoms with Crippen molar-refractivity contribution in [1.82, 2.24) is 4.72 Å². The molecule has 0 heterocycles. The number of carbonyl (C=O) groups excluding carboxylic acids is 1. The maximum atomic E-state index is 11.0. The van der Waals surface area contributed by atoms with Crippen LogP contribution in [-0.4, -0.2) is 12.3 Å². The minimum absolute atomic E-state index is 0.142. The summed E-state index contributed by atoms with van der Waals surface area (Å²) >= 11 is 8.12. The SMILES string of the molecule is CC(C)C(=O)CCN[SH](S)S. The summed E-state index contributed by atoms with van der Waals surface area (Å²) in [6.45, 7) is 4.51. The van der Waals surface area contributed by atoms with Gasteiger partial charge in [-0.05, 0) is 0 Å². The third-order valence-corrected chi connectivity index (χ3v) is 2.62. The monoisotopic (exact) mass is 213 g/mol. The van der Waals surface area contributed by atoms with E-state index in [0.29, 0.717) is 13.0 Å². The third kappa shape index (κ3) is 7.05. The molecule has 2 nitrogen and oxygen atoms in total. The van der Waals surface area contributed by atoms with Gasteiger partial charge in [0.25, 0.3) is 0 Å². The van der Waals surface area contributed by atoms with Crippen molar-refractivity contribution in [1.29, 1.82) is 0 Å². The van der Waals surface area contributed by atoms with Crippen LogP contribution in [0.4, 0.5) is 0 Å². The number of rotatable bonds is 5. The van der Waals surface area contributed by atoms with Crippen LogP contribution in [-0.2, 0) is 4.79 Å². The van der Waals surface area contributed by atoms with E-state index in [9.17, 15) is 4.79 Å². The Bertz CT molecular complexity index is 127. The lowest BCUT2D eigenvalue weighted by atomic mass is 10.1. The highest BCUT2D eigenvalue weighted by Crippen LogP contribution is 2.28. The van der Waals surface area contributed by atoms with Gasteiger partial charge in [-0.15, -0.1) is 32.5 Å². The minimum atomic E-state index is -0.664. The van der Waals surface area contributed by atoms with E-state index in [1.165, 1.54) is 0 Å². The van der Waals surface area contributed by atoms with Gasteiger partial charge in [0.15, 0.2) is 0 Å². The van der Waals surface area contributed by atoms with Crippen LogP contribution in [0.1, 0.15) is 20.3 Å².